The van der Waals surface area contributed by atoms with Gasteiger partial charge >= 0.3 is 5.97 Å². The van der Waals surface area contributed by atoms with E-state index in [1.165, 1.54) is 7.05 Å². The van der Waals surface area contributed by atoms with Gasteiger partial charge in [-0.25, -0.2) is 4.79 Å². The number of hydrogen-bond donors (Lipinski definition) is 2. The van der Waals surface area contributed by atoms with Crippen LogP contribution in [0.25, 0.3) is 0 Å². The molecular weight excluding hydrogens is 332 g/mol. The van der Waals surface area contributed by atoms with Crippen molar-refractivity contribution in [2.45, 2.75) is 13.3 Å². The number of aryl methyl sites for hydroxylation is 1. The zero-order valence-electron chi connectivity index (χ0n) is 13.2. The van der Waals surface area contributed by atoms with Crippen LogP contribution in [0, 0.1) is 0 Å². The van der Waals surface area contributed by atoms with Crippen LogP contribution in [0.2, 0.25) is 0 Å². The Labute approximate surface area is 142 Å². The molecule has 2 amide bonds. The minimum atomic E-state index is -0.619. The van der Waals surface area contributed by atoms with Crippen LogP contribution in [0.15, 0.2) is 24.3 Å². The molecule has 0 aliphatic heterocycles. The maximum absolute atomic E-state index is 11.9. The zero-order chi connectivity index (χ0) is 17.5. The lowest BCUT2D eigenvalue weighted by molar-refractivity contribution is -0.119. The SMILES string of the molecule is CCc1nnsc1C(=O)OCC(=O)Nc1ccc(C(=O)NC)cc1. The Balaban J connectivity index is 1.87. The summed E-state index contributed by atoms with van der Waals surface area (Å²) in [6, 6.07) is 6.34. The quantitative estimate of drug-likeness (QED) is 0.760. The van der Waals surface area contributed by atoms with Gasteiger partial charge in [-0.15, -0.1) is 5.10 Å². The van der Waals surface area contributed by atoms with E-state index < -0.39 is 18.5 Å². The number of esters is 1. The second-order valence-electron chi connectivity index (χ2n) is 4.68. The molecule has 24 heavy (non-hydrogen) atoms. The maximum Gasteiger partial charge on any atom is 0.352 e. The third-order valence-corrected chi connectivity index (χ3v) is 3.82. The van der Waals surface area contributed by atoms with Crippen molar-refractivity contribution >= 4 is 35.0 Å². The fourth-order valence-corrected chi connectivity index (χ4v) is 2.48. The molecule has 0 atom stereocenters. The predicted octanol–water partition coefficient (Wildman–Crippen LogP) is 1.26. The second kappa shape index (κ2) is 8.16. The van der Waals surface area contributed by atoms with Gasteiger partial charge in [-0.3, -0.25) is 9.59 Å². The van der Waals surface area contributed by atoms with E-state index in [-0.39, 0.29) is 5.91 Å². The van der Waals surface area contributed by atoms with Crippen molar-refractivity contribution in [3.8, 4) is 0 Å². The lowest BCUT2D eigenvalue weighted by Crippen LogP contribution is -2.21. The number of nitrogens with one attached hydrogen (secondary N) is 2. The van der Waals surface area contributed by atoms with E-state index in [4.69, 9.17) is 4.74 Å². The van der Waals surface area contributed by atoms with Crippen LogP contribution in [0.5, 0.6) is 0 Å². The van der Waals surface area contributed by atoms with Crippen molar-refractivity contribution in [3.63, 3.8) is 0 Å². The standard InChI is InChI=1S/C15H16N4O4S/c1-3-11-13(24-19-18-11)15(22)23-8-12(20)17-10-6-4-9(5-7-10)14(21)16-2/h4-7H,3,8H2,1-2H3,(H,16,21)(H,17,20). The summed E-state index contributed by atoms with van der Waals surface area (Å²) in [7, 11) is 1.54. The first-order valence-corrected chi connectivity index (χ1v) is 7.92. The Morgan fingerprint density at radius 1 is 1.21 bits per heavy atom. The number of benzene rings is 1. The summed E-state index contributed by atoms with van der Waals surface area (Å²) in [6.45, 7) is 1.43. The number of ether oxygens (including phenoxy) is 1. The number of nitrogens with zero attached hydrogens (tertiary/aromatic N) is 2. The Bertz CT molecular complexity index is 742. The summed E-state index contributed by atoms with van der Waals surface area (Å²) in [6.07, 6.45) is 0.560. The Morgan fingerprint density at radius 3 is 2.54 bits per heavy atom. The minimum absolute atomic E-state index is 0.216. The zero-order valence-corrected chi connectivity index (χ0v) is 14.0. The van der Waals surface area contributed by atoms with Crippen LogP contribution in [-0.2, 0) is 16.0 Å². The molecule has 2 rings (SSSR count). The Morgan fingerprint density at radius 2 is 1.92 bits per heavy atom. The van der Waals surface area contributed by atoms with E-state index in [1.807, 2.05) is 6.92 Å². The number of aromatic nitrogens is 2. The van der Waals surface area contributed by atoms with E-state index in [2.05, 4.69) is 20.2 Å². The molecule has 0 bridgehead atoms. The molecule has 0 radical (unpaired) electrons. The van der Waals surface area contributed by atoms with Gasteiger partial charge in [0.25, 0.3) is 11.8 Å². The first-order chi connectivity index (χ1) is 11.5. The first kappa shape index (κ1) is 17.5. The number of carbonyl (C=O) groups excluding carboxylic acids is 3. The molecule has 0 spiro atoms. The topological polar surface area (TPSA) is 110 Å². The Kier molecular flexibility index (Phi) is 5.96. The number of amides is 2. The number of carbonyl (C=O) groups is 3. The minimum Gasteiger partial charge on any atom is -0.451 e. The molecule has 0 aliphatic rings. The van der Waals surface area contributed by atoms with Crippen molar-refractivity contribution in [1.82, 2.24) is 14.9 Å². The third kappa shape index (κ3) is 4.35. The molecule has 126 valence electrons. The summed E-state index contributed by atoms with van der Waals surface area (Å²) < 4.78 is 8.65. The van der Waals surface area contributed by atoms with Crippen LogP contribution in [-0.4, -0.2) is 41.0 Å². The van der Waals surface area contributed by atoms with Crippen molar-refractivity contribution in [1.29, 1.82) is 0 Å². The number of anilines is 1. The summed E-state index contributed by atoms with van der Waals surface area (Å²) in [5.74, 6) is -1.31. The van der Waals surface area contributed by atoms with Crippen molar-refractivity contribution in [2.24, 2.45) is 0 Å². The Hall–Kier alpha value is -2.81. The molecule has 0 saturated carbocycles. The molecule has 9 heteroatoms. The van der Waals surface area contributed by atoms with Gasteiger partial charge in [0.2, 0.25) is 0 Å². The summed E-state index contributed by atoms with van der Waals surface area (Å²) >= 11 is 0.939. The molecule has 0 fully saturated rings. The van der Waals surface area contributed by atoms with E-state index in [1.54, 1.807) is 24.3 Å². The smallest absolute Gasteiger partial charge is 0.352 e. The van der Waals surface area contributed by atoms with Crippen molar-refractivity contribution in [2.75, 3.05) is 19.0 Å². The molecule has 2 aromatic rings. The molecule has 1 heterocycles. The van der Waals surface area contributed by atoms with Gasteiger partial charge in [-0.2, -0.15) is 0 Å². The molecule has 2 N–H and O–H groups in total. The number of rotatable bonds is 6. The van der Waals surface area contributed by atoms with Gasteiger partial charge in [0.05, 0.1) is 5.69 Å². The van der Waals surface area contributed by atoms with Crippen LogP contribution in [0.3, 0.4) is 0 Å². The summed E-state index contributed by atoms with van der Waals surface area (Å²) in [5, 5.41) is 8.90. The number of hydrogen-bond acceptors (Lipinski definition) is 7. The normalized spacial score (nSPS) is 10.1. The van der Waals surface area contributed by atoms with Gasteiger partial charge < -0.3 is 15.4 Å². The van der Waals surface area contributed by atoms with Gasteiger partial charge in [0.15, 0.2) is 11.5 Å². The predicted molar refractivity (Wildman–Crippen MR) is 88.0 cm³/mol. The molecule has 8 nitrogen and oxygen atoms in total. The van der Waals surface area contributed by atoms with Gasteiger partial charge in [-0.05, 0) is 42.2 Å². The average molecular weight is 348 g/mol. The van der Waals surface area contributed by atoms with E-state index >= 15 is 0 Å². The summed E-state index contributed by atoms with van der Waals surface area (Å²) in [4.78, 5) is 35.4. The fraction of sp³-hybridized carbons (Fsp3) is 0.267. The lowest BCUT2D eigenvalue weighted by atomic mass is 10.2. The van der Waals surface area contributed by atoms with Gasteiger partial charge in [0.1, 0.15) is 0 Å². The second-order valence-corrected chi connectivity index (χ2v) is 5.44. The van der Waals surface area contributed by atoms with E-state index in [9.17, 15) is 14.4 Å². The lowest BCUT2D eigenvalue weighted by Gasteiger charge is -2.07. The third-order valence-electron chi connectivity index (χ3n) is 3.07. The summed E-state index contributed by atoms with van der Waals surface area (Å²) in [5.41, 5.74) is 1.53. The first-order valence-electron chi connectivity index (χ1n) is 7.15. The fourth-order valence-electron chi connectivity index (χ4n) is 1.84. The van der Waals surface area contributed by atoms with Crippen molar-refractivity contribution < 1.29 is 19.1 Å². The van der Waals surface area contributed by atoms with E-state index in [0.717, 1.165) is 11.5 Å². The average Bonchev–Trinajstić information content (AvgIpc) is 3.08. The van der Waals surface area contributed by atoms with Gasteiger partial charge in [0, 0.05) is 18.3 Å². The van der Waals surface area contributed by atoms with Crippen LogP contribution in [0.1, 0.15) is 32.6 Å². The highest BCUT2D eigenvalue weighted by Gasteiger charge is 2.17. The van der Waals surface area contributed by atoms with Crippen molar-refractivity contribution in [3.05, 3.63) is 40.4 Å². The molecule has 1 aromatic carbocycles. The van der Waals surface area contributed by atoms with Crippen LogP contribution >= 0.6 is 11.5 Å². The molecule has 1 aromatic heterocycles. The molecular formula is C15H16N4O4S. The molecule has 0 aliphatic carbocycles. The van der Waals surface area contributed by atoms with Gasteiger partial charge in [-0.1, -0.05) is 11.4 Å². The maximum atomic E-state index is 11.9. The highest BCUT2D eigenvalue weighted by Crippen LogP contribution is 2.13. The molecule has 0 unspecified atom stereocenters. The van der Waals surface area contributed by atoms with E-state index in [0.29, 0.717) is 28.2 Å². The van der Waals surface area contributed by atoms with Crippen LogP contribution in [0.4, 0.5) is 5.69 Å². The molecule has 0 saturated heterocycles. The highest BCUT2D eigenvalue weighted by molar-refractivity contribution is 7.07. The van der Waals surface area contributed by atoms with Crippen LogP contribution < -0.4 is 10.6 Å². The highest BCUT2D eigenvalue weighted by atomic mass is 32.1. The monoisotopic (exact) mass is 348 g/mol. The largest absolute Gasteiger partial charge is 0.451 e.